The maximum Gasteiger partial charge on any atom is 0.395 e. The number of carbonyl (C=O) groups excluding carboxylic acids is 1. The van der Waals surface area contributed by atoms with Crippen LogP contribution < -0.4 is 5.32 Å². The van der Waals surface area contributed by atoms with Crippen LogP contribution >= 0.6 is 11.6 Å². The number of hydrogen-bond donors (Lipinski definition) is 1. The number of hydrogen-bond acceptors (Lipinski definition) is 1. The molecule has 0 aliphatic rings. The molecular weight excluding hydrogens is 324 g/mol. The van der Waals surface area contributed by atoms with Crippen molar-refractivity contribution in [1.29, 1.82) is 0 Å². The standard InChI is InChI=1S/C12H10ClF6NO/c13-12(18,19)11(16,17)10(14,15)9(21)20-7-6-8-4-2-1-3-5-8/h1-5H,6-7H2,(H,20,21). The van der Waals surface area contributed by atoms with E-state index in [0.29, 0.717) is 5.56 Å². The predicted molar refractivity (Wildman–Crippen MR) is 63.8 cm³/mol. The number of benzene rings is 1. The summed E-state index contributed by atoms with van der Waals surface area (Å²) in [5, 5.41) is -4.06. The summed E-state index contributed by atoms with van der Waals surface area (Å²) >= 11 is 3.94. The molecule has 1 aromatic rings. The summed E-state index contributed by atoms with van der Waals surface area (Å²) in [6.45, 7) is -0.414. The van der Waals surface area contributed by atoms with E-state index in [2.05, 4.69) is 11.6 Å². The highest BCUT2D eigenvalue weighted by molar-refractivity contribution is 6.22. The molecule has 0 spiro atoms. The summed E-state index contributed by atoms with van der Waals surface area (Å²) in [6, 6.07) is 8.22. The molecule has 0 atom stereocenters. The first-order valence-electron chi connectivity index (χ1n) is 5.64. The number of carbonyl (C=O) groups is 1. The van der Waals surface area contributed by atoms with Gasteiger partial charge in [0.1, 0.15) is 0 Å². The van der Waals surface area contributed by atoms with Crippen LogP contribution in [0.25, 0.3) is 0 Å². The molecule has 0 radical (unpaired) electrons. The quantitative estimate of drug-likeness (QED) is 0.627. The number of alkyl halides is 7. The van der Waals surface area contributed by atoms with Crippen LogP contribution in [0.4, 0.5) is 26.3 Å². The van der Waals surface area contributed by atoms with Gasteiger partial charge in [0.05, 0.1) is 0 Å². The lowest BCUT2D eigenvalue weighted by Crippen LogP contribution is -2.59. The fourth-order valence-corrected chi connectivity index (χ4v) is 1.52. The molecule has 1 aromatic carbocycles. The Balaban J connectivity index is 2.66. The molecule has 0 saturated heterocycles. The molecule has 0 aliphatic carbocycles. The molecule has 118 valence electrons. The van der Waals surface area contributed by atoms with Gasteiger partial charge < -0.3 is 5.32 Å². The summed E-state index contributed by atoms with van der Waals surface area (Å²) < 4.78 is 76.4. The van der Waals surface area contributed by atoms with Crippen molar-refractivity contribution in [2.24, 2.45) is 0 Å². The molecule has 0 aliphatic heterocycles. The normalized spacial score (nSPS) is 13.1. The zero-order chi connectivity index (χ0) is 16.3. The number of rotatable bonds is 6. The third-order valence-electron chi connectivity index (χ3n) is 2.58. The number of amides is 1. The minimum atomic E-state index is -6.00. The summed E-state index contributed by atoms with van der Waals surface area (Å²) in [4.78, 5) is 11.0. The Hall–Kier alpha value is -1.44. The van der Waals surface area contributed by atoms with E-state index < -0.39 is 29.7 Å². The lowest BCUT2D eigenvalue weighted by Gasteiger charge is -2.28. The van der Waals surface area contributed by atoms with Crippen molar-refractivity contribution in [1.82, 2.24) is 5.32 Å². The van der Waals surface area contributed by atoms with E-state index in [-0.39, 0.29) is 6.42 Å². The van der Waals surface area contributed by atoms with Crippen LogP contribution in [-0.2, 0) is 11.2 Å². The molecule has 1 N–H and O–H groups in total. The summed E-state index contributed by atoms with van der Waals surface area (Å²) in [5.74, 6) is -14.1. The van der Waals surface area contributed by atoms with E-state index in [0.717, 1.165) is 0 Å². The Labute approximate surface area is 121 Å². The van der Waals surface area contributed by atoms with E-state index in [1.165, 1.54) is 5.32 Å². The van der Waals surface area contributed by atoms with E-state index in [9.17, 15) is 31.1 Å². The number of nitrogens with one attached hydrogen (secondary N) is 1. The fourth-order valence-electron chi connectivity index (χ4n) is 1.40. The molecule has 0 bridgehead atoms. The van der Waals surface area contributed by atoms with Crippen molar-refractivity contribution in [2.75, 3.05) is 6.54 Å². The highest BCUT2D eigenvalue weighted by Crippen LogP contribution is 2.47. The average Bonchev–Trinajstić information content (AvgIpc) is 2.38. The van der Waals surface area contributed by atoms with Gasteiger partial charge in [-0.1, -0.05) is 30.3 Å². The maximum atomic E-state index is 13.1. The van der Waals surface area contributed by atoms with Gasteiger partial charge in [0.25, 0.3) is 5.91 Å². The van der Waals surface area contributed by atoms with Crippen molar-refractivity contribution < 1.29 is 31.1 Å². The molecule has 2 nitrogen and oxygen atoms in total. The average molecular weight is 334 g/mol. The lowest BCUT2D eigenvalue weighted by molar-refractivity contribution is -0.269. The van der Waals surface area contributed by atoms with Gasteiger partial charge in [-0.15, -0.1) is 0 Å². The maximum absolute atomic E-state index is 13.1. The highest BCUT2D eigenvalue weighted by atomic mass is 35.5. The van der Waals surface area contributed by atoms with Crippen molar-refractivity contribution in [3.8, 4) is 0 Å². The van der Waals surface area contributed by atoms with Gasteiger partial charge in [-0.3, -0.25) is 4.79 Å². The van der Waals surface area contributed by atoms with Gasteiger partial charge in [-0.25, -0.2) is 0 Å². The van der Waals surface area contributed by atoms with Gasteiger partial charge in [-0.05, 0) is 23.6 Å². The largest absolute Gasteiger partial charge is 0.395 e. The van der Waals surface area contributed by atoms with Gasteiger partial charge in [-0.2, -0.15) is 26.3 Å². The Bertz CT molecular complexity index is 488. The molecule has 0 aromatic heterocycles. The van der Waals surface area contributed by atoms with E-state index in [1.54, 1.807) is 30.3 Å². The van der Waals surface area contributed by atoms with Crippen LogP contribution in [0.1, 0.15) is 5.56 Å². The Morgan fingerprint density at radius 2 is 1.57 bits per heavy atom. The predicted octanol–water partition coefficient (Wildman–Crippen LogP) is 3.45. The van der Waals surface area contributed by atoms with E-state index in [1.807, 2.05) is 0 Å². The minimum absolute atomic E-state index is 0.0749. The minimum Gasteiger partial charge on any atom is -0.350 e. The second-order valence-electron chi connectivity index (χ2n) is 4.14. The lowest BCUT2D eigenvalue weighted by atomic mass is 10.1. The summed E-state index contributed by atoms with van der Waals surface area (Å²) in [7, 11) is 0. The molecule has 1 amide bonds. The zero-order valence-electron chi connectivity index (χ0n) is 10.4. The first-order chi connectivity index (χ1) is 9.50. The third kappa shape index (κ3) is 3.81. The fraction of sp³-hybridized carbons (Fsp3) is 0.417. The van der Waals surface area contributed by atoms with Crippen molar-refractivity contribution >= 4 is 17.5 Å². The Morgan fingerprint density at radius 3 is 2.05 bits per heavy atom. The topological polar surface area (TPSA) is 29.1 Å². The van der Waals surface area contributed by atoms with Crippen LogP contribution in [0.3, 0.4) is 0 Å². The second kappa shape index (κ2) is 6.13. The Kier molecular flexibility index (Phi) is 5.14. The van der Waals surface area contributed by atoms with Crippen molar-refractivity contribution in [2.45, 2.75) is 23.6 Å². The van der Waals surface area contributed by atoms with Crippen LogP contribution in [0.5, 0.6) is 0 Å². The van der Waals surface area contributed by atoms with Crippen LogP contribution in [0.15, 0.2) is 30.3 Å². The van der Waals surface area contributed by atoms with E-state index in [4.69, 9.17) is 0 Å². The number of halogens is 7. The summed E-state index contributed by atoms with van der Waals surface area (Å²) in [6.07, 6.45) is 0.0749. The van der Waals surface area contributed by atoms with E-state index >= 15 is 0 Å². The second-order valence-corrected chi connectivity index (χ2v) is 4.61. The van der Waals surface area contributed by atoms with Gasteiger partial charge >= 0.3 is 17.2 Å². The van der Waals surface area contributed by atoms with Crippen molar-refractivity contribution in [3.63, 3.8) is 0 Å². The SMILES string of the molecule is O=C(NCCc1ccccc1)C(F)(F)C(F)(F)C(F)(F)Cl. The molecular formula is C12H10ClF6NO. The third-order valence-corrected chi connectivity index (χ3v) is 2.81. The smallest absolute Gasteiger partial charge is 0.350 e. The van der Waals surface area contributed by atoms with Crippen LogP contribution in [-0.4, -0.2) is 29.7 Å². The van der Waals surface area contributed by atoms with Gasteiger partial charge in [0.2, 0.25) is 0 Å². The van der Waals surface area contributed by atoms with Gasteiger partial charge in [0.15, 0.2) is 0 Å². The van der Waals surface area contributed by atoms with Crippen molar-refractivity contribution in [3.05, 3.63) is 35.9 Å². The molecule has 0 fully saturated rings. The Morgan fingerprint density at radius 1 is 1.05 bits per heavy atom. The first-order valence-corrected chi connectivity index (χ1v) is 6.02. The highest BCUT2D eigenvalue weighted by Gasteiger charge is 2.74. The molecule has 0 heterocycles. The zero-order valence-corrected chi connectivity index (χ0v) is 11.1. The van der Waals surface area contributed by atoms with Crippen LogP contribution in [0.2, 0.25) is 0 Å². The first kappa shape index (κ1) is 17.6. The molecule has 0 saturated carbocycles. The monoisotopic (exact) mass is 333 g/mol. The summed E-state index contributed by atoms with van der Waals surface area (Å²) in [5.41, 5.74) is 0.649. The van der Waals surface area contributed by atoms with Gasteiger partial charge in [0, 0.05) is 6.54 Å². The molecule has 21 heavy (non-hydrogen) atoms. The molecule has 1 rings (SSSR count). The van der Waals surface area contributed by atoms with Crippen LogP contribution in [0, 0.1) is 0 Å². The molecule has 0 unspecified atom stereocenters. The molecule has 9 heteroatoms.